The van der Waals surface area contributed by atoms with Crippen molar-refractivity contribution in [2.24, 2.45) is 0 Å². The van der Waals surface area contributed by atoms with Crippen LogP contribution in [0, 0.1) is 0 Å². The number of furan rings is 2. The average molecular weight is 605 g/mol. The number of fused-ring (bicyclic) bond motifs is 8. The van der Waals surface area contributed by atoms with Crippen LogP contribution in [0.25, 0.3) is 94.8 Å². The van der Waals surface area contributed by atoms with Gasteiger partial charge in [0.15, 0.2) is 17.2 Å². The summed E-state index contributed by atoms with van der Waals surface area (Å²) in [7, 11) is 0. The molecule has 6 heteroatoms. The van der Waals surface area contributed by atoms with Crippen molar-refractivity contribution in [3.63, 3.8) is 0 Å². The van der Waals surface area contributed by atoms with Crippen LogP contribution in [0.5, 0.6) is 0 Å². The lowest BCUT2D eigenvalue weighted by atomic mass is 10.0. The van der Waals surface area contributed by atoms with Crippen molar-refractivity contribution in [3.8, 4) is 39.9 Å². The molecule has 6 aromatic carbocycles. The van der Waals surface area contributed by atoms with E-state index < -0.39 is 0 Å². The Hall–Kier alpha value is -6.53. The molecule has 6 nitrogen and oxygen atoms in total. The molecule has 10 rings (SSSR count). The molecule has 10 aromatic rings. The molecule has 0 aliphatic heterocycles. The second-order valence-corrected chi connectivity index (χ2v) is 11.7. The van der Waals surface area contributed by atoms with Gasteiger partial charge in [0.2, 0.25) is 5.95 Å². The number of aromatic nitrogens is 4. The van der Waals surface area contributed by atoms with Crippen molar-refractivity contribution < 1.29 is 8.83 Å². The van der Waals surface area contributed by atoms with Crippen LogP contribution < -0.4 is 0 Å². The third-order valence-electron chi connectivity index (χ3n) is 8.87. The highest BCUT2D eigenvalue weighted by molar-refractivity contribution is 6.17. The number of nitrogens with zero attached hydrogens (tertiary/aromatic N) is 4. The predicted octanol–water partition coefficient (Wildman–Crippen LogP) is 10.6. The number of para-hydroxylation sites is 2. The van der Waals surface area contributed by atoms with Gasteiger partial charge in [-0.3, -0.25) is 4.57 Å². The van der Waals surface area contributed by atoms with Crippen LogP contribution in [0.2, 0.25) is 0 Å². The van der Waals surface area contributed by atoms with E-state index in [2.05, 4.69) is 59.2 Å². The van der Waals surface area contributed by atoms with Gasteiger partial charge in [-0.15, -0.1) is 0 Å². The summed E-state index contributed by atoms with van der Waals surface area (Å²) in [6.45, 7) is 0. The van der Waals surface area contributed by atoms with Gasteiger partial charge in [-0.2, -0.15) is 9.97 Å². The van der Waals surface area contributed by atoms with Gasteiger partial charge in [-0.1, -0.05) is 103 Å². The molecule has 0 unspecified atom stereocenters. The lowest BCUT2D eigenvalue weighted by Crippen LogP contribution is -2.06. The molecule has 47 heavy (non-hydrogen) atoms. The fourth-order valence-corrected chi connectivity index (χ4v) is 6.66. The molecule has 0 aliphatic carbocycles. The van der Waals surface area contributed by atoms with Gasteiger partial charge < -0.3 is 8.83 Å². The summed E-state index contributed by atoms with van der Waals surface area (Å²) in [5.74, 6) is 1.74. The maximum absolute atomic E-state index is 6.60. The summed E-state index contributed by atoms with van der Waals surface area (Å²) in [5.41, 5.74) is 9.26. The molecular formula is C41H24N4O2. The topological polar surface area (TPSA) is 69.9 Å². The molecule has 4 aromatic heterocycles. The molecule has 0 aliphatic rings. The van der Waals surface area contributed by atoms with Gasteiger partial charge in [0.25, 0.3) is 0 Å². The third-order valence-corrected chi connectivity index (χ3v) is 8.87. The minimum atomic E-state index is 0.531. The van der Waals surface area contributed by atoms with Gasteiger partial charge in [0.1, 0.15) is 22.3 Å². The highest BCUT2D eigenvalue weighted by atomic mass is 16.3. The van der Waals surface area contributed by atoms with Crippen LogP contribution in [0.3, 0.4) is 0 Å². The Morgan fingerprint density at radius 2 is 0.957 bits per heavy atom. The van der Waals surface area contributed by atoms with Gasteiger partial charge in [-0.05, 0) is 53.6 Å². The fourth-order valence-electron chi connectivity index (χ4n) is 6.66. The summed E-state index contributed by atoms with van der Waals surface area (Å²) >= 11 is 0. The molecule has 4 heterocycles. The molecule has 0 amide bonds. The first kappa shape index (κ1) is 25.8. The van der Waals surface area contributed by atoms with E-state index in [1.54, 1.807) is 0 Å². The molecule has 0 saturated heterocycles. The molecular weight excluding hydrogens is 580 g/mol. The van der Waals surface area contributed by atoms with E-state index in [-0.39, 0.29) is 0 Å². The average Bonchev–Trinajstić information content (AvgIpc) is 3.80. The van der Waals surface area contributed by atoms with E-state index in [0.29, 0.717) is 17.6 Å². The molecule has 0 saturated carbocycles. The summed E-state index contributed by atoms with van der Waals surface area (Å²) in [5, 5.41) is 4.18. The van der Waals surface area contributed by atoms with Gasteiger partial charge in [-0.25, -0.2) is 4.98 Å². The molecule has 0 atom stereocenters. The van der Waals surface area contributed by atoms with E-state index in [1.807, 2.05) is 91.0 Å². The third kappa shape index (κ3) is 4.02. The first-order chi connectivity index (χ1) is 23.3. The maximum atomic E-state index is 6.60. The van der Waals surface area contributed by atoms with Crippen LogP contribution >= 0.6 is 0 Å². The summed E-state index contributed by atoms with van der Waals surface area (Å²) in [6.07, 6.45) is 0. The van der Waals surface area contributed by atoms with Crippen molar-refractivity contribution in [1.29, 1.82) is 0 Å². The second kappa shape index (κ2) is 9.99. The lowest BCUT2D eigenvalue weighted by molar-refractivity contribution is 0.669. The van der Waals surface area contributed by atoms with E-state index in [9.17, 15) is 0 Å². The first-order valence-electron chi connectivity index (χ1n) is 15.5. The van der Waals surface area contributed by atoms with E-state index in [4.69, 9.17) is 23.8 Å². The van der Waals surface area contributed by atoms with E-state index in [1.165, 1.54) is 0 Å². The zero-order valence-electron chi connectivity index (χ0n) is 25.0. The Morgan fingerprint density at radius 1 is 0.404 bits per heavy atom. The molecule has 0 radical (unpaired) electrons. The normalized spacial score (nSPS) is 11.8. The molecule has 0 N–H and O–H groups in total. The van der Waals surface area contributed by atoms with Crippen LogP contribution in [0.4, 0.5) is 0 Å². The van der Waals surface area contributed by atoms with Crippen LogP contribution in [0.1, 0.15) is 0 Å². The molecule has 0 bridgehead atoms. The van der Waals surface area contributed by atoms with Crippen LogP contribution in [-0.2, 0) is 0 Å². The first-order valence-corrected chi connectivity index (χ1v) is 15.5. The highest BCUT2D eigenvalue weighted by Gasteiger charge is 2.23. The molecule has 0 fully saturated rings. The Bertz CT molecular complexity index is 2740. The molecule has 220 valence electrons. The van der Waals surface area contributed by atoms with Crippen molar-refractivity contribution in [1.82, 2.24) is 19.5 Å². The number of benzene rings is 6. The van der Waals surface area contributed by atoms with E-state index >= 15 is 0 Å². The summed E-state index contributed by atoms with van der Waals surface area (Å²) in [4.78, 5) is 15.1. The van der Waals surface area contributed by atoms with Crippen molar-refractivity contribution >= 4 is 54.9 Å². The van der Waals surface area contributed by atoms with Gasteiger partial charge in [0.05, 0.1) is 5.52 Å². The Balaban J connectivity index is 1.24. The Morgan fingerprint density at radius 3 is 1.66 bits per heavy atom. The van der Waals surface area contributed by atoms with Gasteiger partial charge >= 0.3 is 0 Å². The van der Waals surface area contributed by atoms with E-state index in [0.717, 1.165) is 77.2 Å². The molecule has 0 spiro atoms. The summed E-state index contributed by atoms with van der Waals surface area (Å²) in [6, 6.07) is 49.2. The minimum absolute atomic E-state index is 0.531. The zero-order valence-corrected chi connectivity index (χ0v) is 25.0. The standard InChI is InChI=1S/C41H24N4O2/c1-3-11-25(12-4-1)39-42-40(26-13-5-2-6-14-26)44-41(43-39)45-33-17-9-7-16-30(33)38-37(45)32-24-28(20-22-36(32)47-38)27-19-21-35-31(23-27)29-15-8-10-18-34(29)46-35/h1-24H. The minimum Gasteiger partial charge on any atom is -0.456 e. The van der Waals surface area contributed by atoms with Crippen LogP contribution in [0.15, 0.2) is 154 Å². The Kier molecular flexibility index (Phi) is 5.48. The smallest absolute Gasteiger partial charge is 0.238 e. The number of hydrogen-bond acceptors (Lipinski definition) is 5. The Labute approximate surface area is 268 Å². The van der Waals surface area contributed by atoms with Crippen molar-refractivity contribution in [2.45, 2.75) is 0 Å². The van der Waals surface area contributed by atoms with Gasteiger partial charge in [0, 0.05) is 32.7 Å². The highest BCUT2D eigenvalue weighted by Crippen LogP contribution is 2.41. The van der Waals surface area contributed by atoms with Crippen LogP contribution in [-0.4, -0.2) is 19.5 Å². The predicted molar refractivity (Wildman–Crippen MR) is 188 cm³/mol. The summed E-state index contributed by atoms with van der Waals surface area (Å²) < 4.78 is 14.8. The maximum Gasteiger partial charge on any atom is 0.238 e. The van der Waals surface area contributed by atoms with Crippen molar-refractivity contribution in [2.75, 3.05) is 0 Å². The lowest BCUT2D eigenvalue weighted by Gasteiger charge is -2.11. The van der Waals surface area contributed by atoms with Crippen molar-refractivity contribution in [3.05, 3.63) is 146 Å². The second-order valence-electron chi connectivity index (χ2n) is 11.7. The number of rotatable bonds is 4. The quantitative estimate of drug-likeness (QED) is 0.200. The SMILES string of the molecule is c1ccc(-c2nc(-c3ccccc3)nc(-n3c4ccccc4c4oc5ccc(-c6ccc7oc8ccccc8c7c6)cc5c43)n2)cc1. The zero-order chi connectivity index (χ0) is 30.9. The number of hydrogen-bond donors (Lipinski definition) is 0. The monoisotopic (exact) mass is 604 g/mol. The largest absolute Gasteiger partial charge is 0.456 e. The fraction of sp³-hybridized carbons (Fsp3) is 0.